The molecule has 1 aromatic heterocycles. The minimum Gasteiger partial charge on any atom is -0.363 e. The van der Waals surface area contributed by atoms with Gasteiger partial charge in [-0.1, -0.05) is 24.3 Å². The van der Waals surface area contributed by atoms with Crippen LogP contribution in [0.2, 0.25) is 0 Å². The molecule has 0 aliphatic rings. The maximum Gasteiger partial charge on any atom is 0.416 e. The molecule has 2 rings (SSSR count). The first kappa shape index (κ1) is 19.6. The van der Waals surface area contributed by atoms with Crippen molar-refractivity contribution in [2.45, 2.75) is 25.7 Å². The molecule has 2 aromatic rings. The zero-order chi connectivity index (χ0) is 19.3. The number of pyridine rings is 1. The standard InChI is InChI=1S/C18H21F3N4O/c1-12(14-6-4-5-7-15(14)18(19,20)21)24-17(26)23-11-13-8-9-16(22-10-13)25(2)3/h4-10,12H,11H2,1-3H3,(H2,23,24,26). The highest BCUT2D eigenvalue weighted by Crippen LogP contribution is 2.34. The number of hydrogen-bond acceptors (Lipinski definition) is 3. The number of benzene rings is 1. The van der Waals surface area contributed by atoms with Gasteiger partial charge in [-0.25, -0.2) is 9.78 Å². The Labute approximate surface area is 150 Å². The highest BCUT2D eigenvalue weighted by atomic mass is 19.4. The van der Waals surface area contributed by atoms with Crippen LogP contribution in [-0.4, -0.2) is 25.1 Å². The normalized spacial score (nSPS) is 12.4. The minimum atomic E-state index is -4.47. The number of carbonyl (C=O) groups excluding carboxylic acids is 1. The molecular formula is C18H21F3N4O. The zero-order valence-electron chi connectivity index (χ0n) is 14.8. The van der Waals surface area contributed by atoms with Gasteiger partial charge in [0.2, 0.25) is 0 Å². The van der Waals surface area contributed by atoms with Crippen LogP contribution in [-0.2, 0) is 12.7 Å². The summed E-state index contributed by atoms with van der Waals surface area (Å²) in [6.45, 7) is 1.73. The topological polar surface area (TPSA) is 57.3 Å². The van der Waals surface area contributed by atoms with Crippen LogP contribution in [0.25, 0.3) is 0 Å². The first-order valence-corrected chi connectivity index (χ1v) is 8.01. The fourth-order valence-corrected chi connectivity index (χ4v) is 2.43. The van der Waals surface area contributed by atoms with E-state index in [1.807, 2.05) is 31.1 Å². The Morgan fingerprint density at radius 2 is 1.88 bits per heavy atom. The Hall–Kier alpha value is -2.77. The van der Waals surface area contributed by atoms with Gasteiger partial charge in [0, 0.05) is 26.8 Å². The van der Waals surface area contributed by atoms with Gasteiger partial charge in [-0.3, -0.25) is 0 Å². The highest BCUT2D eigenvalue weighted by Gasteiger charge is 2.34. The third-order valence-corrected chi connectivity index (χ3v) is 3.80. The summed E-state index contributed by atoms with van der Waals surface area (Å²) in [7, 11) is 3.74. The summed E-state index contributed by atoms with van der Waals surface area (Å²) in [4.78, 5) is 18.1. The Morgan fingerprint density at radius 3 is 2.46 bits per heavy atom. The van der Waals surface area contributed by atoms with Gasteiger partial charge in [0.15, 0.2) is 0 Å². The molecule has 1 unspecified atom stereocenters. The van der Waals surface area contributed by atoms with Crippen LogP contribution in [0.1, 0.15) is 29.7 Å². The van der Waals surface area contributed by atoms with E-state index in [0.717, 1.165) is 17.4 Å². The fourth-order valence-electron chi connectivity index (χ4n) is 2.43. The SMILES string of the molecule is CC(NC(=O)NCc1ccc(N(C)C)nc1)c1ccccc1C(F)(F)F. The van der Waals surface area contributed by atoms with Gasteiger partial charge in [-0.2, -0.15) is 13.2 Å². The summed E-state index contributed by atoms with van der Waals surface area (Å²) >= 11 is 0. The number of nitrogens with one attached hydrogen (secondary N) is 2. The summed E-state index contributed by atoms with van der Waals surface area (Å²) in [5.41, 5.74) is 0.0533. The first-order valence-electron chi connectivity index (χ1n) is 8.01. The molecule has 26 heavy (non-hydrogen) atoms. The second kappa shape index (κ2) is 8.07. The molecular weight excluding hydrogens is 345 g/mol. The predicted octanol–water partition coefficient (Wildman–Crippen LogP) is 3.73. The Morgan fingerprint density at radius 1 is 1.19 bits per heavy atom. The average molecular weight is 366 g/mol. The van der Waals surface area contributed by atoms with Crippen LogP contribution in [0.15, 0.2) is 42.6 Å². The minimum absolute atomic E-state index is 0.0205. The van der Waals surface area contributed by atoms with E-state index in [4.69, 9.17) is 0 Å². The number of urea groups is 1. The van der Waals surface area contributed by atoms with Crippen LogP contribution < -0.4 is 15.5 Å². The summed E-state index contributed by atoms with van der Waals surface area (Å²) < 4.78 is 39.2. The van der Waals surface area contributed by atoms with Crippen molar-refractivity contribution in [3.05, 3.63) is 59.3 Å². The van der Waals surface area contributed by atoms with Crippen LogP contribution in [0.5, 0.6) is 0 Å². The van der Waals surface area contributed by atoms with Gasteiger partial charge >= 0.3 is 12.2 Å². The van der Waals surface area contributed by atoms with Gasteiger partial charge in [0.25, 0.3) is 0 Å². The molecule has 1 aromatic carbocycles. The Balaban J connectivity index is 1.96. The lowest BCUT2D eigenvalue weighted by atomic mass is 10.0. The summed E-state index contributed by atoms with van der Waals surface area (Å²) in [5, 5.41) is 5.15. The Kier molecular flexibility index (Phi) is 6.07. The average Bonchev–Trinajstić information content (AvgIpc) is 2.59. The van der Waals surface area contributed by atoms with E-state index < -0.39 is 23.8 Å². The zero-order valence-corrected chi connectivity index (χ0v) is 14.8. The molecule has 0 fully saturated rings. The van der Waals surface area contributed by atoms with E-state index in [2.05, 4.69) is 15.6 Å². The largest absolute Gasteiger partial charge is 0.416 e. The smallest absolute Gasteiger partial charge is 0.363 e. The maximum atomic E-state index is 13.1. The van der Waals surface area contributed by atoms with Gasteiger partial charge in [-0.15, -0.1) is 0 Å². The van der Waals surface area contributed by atoms with E-state index in [1.165, 1.54) is 25.1 Å². The predicted molar refractivity (Wildman–Crippen MR) is 93.8 cm³/mol. The number of carbonyl (C=O) groups is 1. The van der Waals surface area contributed by atoms with Gasteiger partial charge < -0.3 is 15.5 Å². The second-order valence-corrected chi connectivity index (χ2v) is 6.05. The van der Waals surface area contributed by atoms with Crippen molar-refractivity contribution in [2.75, 3.05) is 19.0 Å². The summed E-state index contributed by atoms with van der Waals surface area (Å²) in [6.07, 6.45) is -2.83. The molecule has 1 heterocycles. The van der Waals surface area contributed by atoms with Gasteiger partial charge in [-0.05, 0) is 30.2 Å². The molecule has 0 bridgehead atoms. The molecule has 5 nitrogen and oxygen atoms in total. The number of nitrogens with zero attached hydrogens (tertiary/aromatic N) is 2. The fraction of sp³-hybridized carbons (Fsp3) is 0.333. The number of aromatic nitrogens is 1. The third-order valence-electron chi connectivity index (χ3n) is 3.80. The summed E-state index contributed by atoms with van der Waals surface area (Å²) in [5.74, 6) is 0.788. The monoisotopic (exact) mass is 366 g/mol. The number of anilines is 1. The van der Waals surface area contributed by atoms with Gasteiger partial charge in [0.1, 0.15) is 5.82 Å². The van der Waals surface area contributed by atoms with Gasteiger partial charge in [0.05, 0.1) is 11.6 Å². The van der Waals surface area contributed by atoms with E-state index in [0.29, 0.717) is 0 Å². The molecule has 0 radical (unpaired) electrons. The molecule has 8 heteroatoms. The highest BCUT2D eigenvalue weighted by molar-refractivity contribution is 5.74. The number of amides is 2. The van der Waals surface area contributed by atoms with Crippen LogP contribution in [0, 0.1) is 0 Å². The molecule has 1 atom stereocenters. The van der Waals surface area contributed by atoms with Crippen molar-refractivity contribution in [3.63, 3.8) is 0 Å². The van der Waals surface area contributed by atoms with Crippen LogP contribution in [0.3, 0.4) is 0 Å². The second-order valence-electron chi connectivity index (χ2n) is 6.05. The van der Waals surface area contributed by atoms with E-state index in [1.54, 1.807) is 6.20 Å². The molecule has 0 saturated carbocycles. The number of hydrogen-bond donors (Lipinski definition) is 2. The molecule has 0 aliphatic carbocycles. The third kappa shape index (κ3) is 5.11. The van der Waals surface area contributed by atoms with E-state index in [-0.39, 0.29) is 12.1 Å². The number of rotatable bonds is 5. The molecule has 0 aliphatic heterocycles. The van der Waals surface area contributed by atoms with Crippen LogP contribution in [0.4, 0.5) is 23.8 Å². The molecule has 2 amide bonds. The van der Waals surface area contributed by atoms with Crippen molar-refractivity contribution in [1.82, 2.24) is 15.6 Å². The van der Waals surface area contributed by atoms with E-state index >= 15 is 0 Å². The van der Waals surface area contributed by atoms with Crippen molar-refractivity contribution >= 4 is 11.8 Å². The van der Waals surface area contributed by atoms with Crippen LogP contribution >= 0.6 is 0 Å². The maximum absolute atomic E-state index is 13.1. The van der Waals surface area contributed by atoms with Crippen molar-refractivity contribution in [1.29, 1.82) is 0 Å². The molecule has 2 N–H and O–H groups in total. The quantitative estimate of drug-likeness (QED) is 0.848. The summed E-state index contributed by atoms with van der Waals surface area (Å²) in [6, 6.07) is 7.50. The molecule has 0 saturated heterocycles. The van der Waals surface area contributed by atoms with Crippen molar-refractivity contribution in [2.24, 2.45) is 0 Å². The lowest BCUT2D eigenvalue weighted by Gasteiger charge is -2.19. The van der Waals surface area contributed by atoms with Crippen molar-refractivity contribution in [3.8, 4) is 0 Å². The first-order chi connectivity index (χ1) is 12.2. The number of halogens is 3. The lowest BCUT2D eigenvalue weighted by molar-refractivity contribution is -0.138. The molecule has 0 spiro atoms. The van der Waals surface area contributed by atoms with E-state index in [9.17, 15) is 18.0 Å². The molecule has 140 valence electrons. The Bertz CT molecular complexity index is 745. The van der Waals surface area contributed by atoms with Crippen molar-refractivity contribution < 1.29 is 18.0 Å². The lowest BCUT2D eigenvalue weighted by Crippen LogP contribution is -2.37. The number of alkyl halides is 3.